The molecule has 0 amide bonds. The fourth-order valence-electron chi connectivity index (χ4n) is 5.11. The molecule has 2 aromatic carbocycles. The van der Waals surface area contributed by atoms with Gasteiger partial charge >= 0.3 is 12.1 Å². The number of unbranched alkanes of at least 4 members (excludes halogenated alkanes) is 7. The summed E-state index contributed by atoms with van der Waals surface area (Å²) < 4.78 is 67.3. The summed E-state index contributed by atoms with van der Waals surface area (Å²) in [5.41, 5.74) is -0.126. The van der Waals surface area contributed by atoms with Crippen molar-refractivity contribution in [3.8, 4) is 6.07 Å². The molecule has 0 aliphatic carbocycles. The highest BCUT2D eigenvalue weighted by Gasteiger charge is 2.53. The number of halogens is 3. The molecular weight excluding hydrogens is 567 g/mol. The second-order valence-electron chi connectivity index (χ2n) is 10.4. The molecule has 11 heteroatoms. The third-order valence-electron chi connectivity index (χ3n) is 7.26. The minimum Gasteiger partial charge on any atom is -0.480 e. The highest BCUT2D eigenvalue weighted by atomic mass is 32.2. The third kappa shape index (κ3) is 11.0. The molecule has 1 heterocycles. The van der Waals surface area contributed by atoms with E-state index >= 15 is 0 Å². The van der Waals surface area contributed by atoms with Crippen LogP contribution in [-0.2, 0) is 14.6 Å². The number of alkyl halides is 3. The van der Waals surface area contributed by atoms with Crippen molar-refractivity contribution in [2.75, 3.05) is 19.6 Å². The summed E-state index contributed by atoms with van der Waals surface area (Å²) in [6.45, 7) is 3.23. The van der Waals surface area contributed by atoms with Gasteiger partial charge < -0.3 is 10.4 Å². The van der Waals surface area contributed by atoms with Gasteiger partial charge in [0.25, 0.3) is 0 Å². The Bertz CT molecular complexity index is 1210. The van der Waals surface area contributed by atoms with Crippen LogP contribution < -0.4 is 5.32 Å². The van der Waals surface area contributed by atoms with Crippen LogP contribution in [0.1, 0.15) is 76.3 Å². The van der Waals surface area contributed by atoms with Gasteiger partial charge in [0.15, 0.2) is 9.84 Å². The van der Waals surface area contributed by atoms with E-state index in [0.29, 0.717) is 6.54 Å². The second kappa shape index (κ2) is 17.9. The first kappa shape index (κ1) is 35.3. The van der Waals surface area contributed by atoms with Gasteiger partial charge in [-0.3, -0.25) is 9.69 Å². The van der Waals surface area contributed by atoms with Gasteiger partial charge in [0.2, 0.25) is 0 Å². The number of nitriles is 1. The van der Waals surface area contributed by atoms with Gasteiger partial charge in [-0.05, 0) is 37.1 Å². The number of benzene rings is 2. The maximum absolute atomic E-state index is 13.9. The monoisotopic (exact) mass is 609 g/mol. The molecule has 1 aliphatic heterocycles. The normalized spacial score (nSPS) is 18.1. The zero-order valence-electron chi connectivity index (χ0n) is 24.1. The number of sulfone groups is 1. The van der Waals surface area contributed by atoms with E-state index < -0.39 is 52.3 Å². The van der Waals surface area contributed by atoms with E-state index in [-0.39, 0.29) is 10.5 Å². The number of hydrogen-bond donors (Lipinski definition) is 2. The molecule has 2 aromatic rings. The fraction of sp³-hybridized carbons (Fsp3) is 0.548. The zero-order valence-corrected chi connectivity index (χ0v) is 24.9. The van der Waals surface area contributed by atoms with Crippen molar-refractivity contribution in [3.05, 3.63) is 66.2 Å². The summed E-state index contributed by atoms with van der Waals surface area (Å²) >= 11 is 0. The topological polar surface area (TPSA) is 110 Å². The maximum atomic E-state index is 13.9. The van der Waals surface area contributed by atoms with Crippen LogP contribution in [0, 0.1) is 11.3 Å². The minimum atomic E-state index is -4.76. The smallest absolute Gasteiger partial charge is 0.408 e. The maximum Gasteiger partial charge on any atom is 0.408 e. The Kier molecular flexibility index (Phi) is 15.0. The number of carboxylic acids is 1. The van der Waals surface area contributed by atoms with Crippen molar-refractivity contribution in [1.82, 2.24) is 10.2 Å². The number of carbonyl (C=O) groups is 1. The first-order valence-electron chi connectivity index (χ1n) is 14.5. The van der Waals surface area contributed by atoms with E-state index in [1.807, 2.05) is 0 Å². The highest BCUT2D eigenvalue weighted by Crippen LogP contribution is 2.43. The summed E-state index contributed by atoms with van der Waals surface area (Å²) in [7, 11) is -3.97. The number of nitrogens with zero attached hydrogens (tertiary/aromatic N) is 2. The van der Waals surface area contributed by atoms with Crippen molar-refractivity contribution in [2.24, 2.45) is 0 Å². The average Bonchev–Trinajstić information content (AvgIpc) is 3.41. The van der Waals surface area contributed by atoms with E-state index in [1.165, 1.54) is 99.9 Å². The molecule has 0 bridgehead atoms. The minimum absolute atomic E-state index is 0.0331. The Hall–Kier alpha value is -2.94. The molecule has 1 fully saturated rings. The molecule has 0 spiro atoms. The number of likely N-dealkylation sites (tertiary alicyclic amines) is 1. The van der Waals surface area contributed by atoms with Crippen LogP contribution in [-0.4, -0.2) is 61.5 Å². The summed E-state index contributed by atoms with van der Waals surface area (Å²) in [6.07, 6.45) is 5.63. The number of nitrogens with one attached hydrogen (secondary N) is 1. The molecule has 7 nitrogen and oxygen atoms in total. The predicted molar refractivity (Wildman–Crippen MR) is 156 cm³/mol. The Morgan fingerprint density at radius 3 is 2.07 bits per heavy atom. The largest absolute Gasteiger partial charge is 0.480 e. The molecule has 1 unspecified atom stereocenters. The van der Waals surface area contributed by atoms with Gasteiger partial charge in [0.05, 0.1) is 22.8 Å². The van der Waals surface area contributed by atoms with E-state index in [9.17, 15) is 31.5 Å². The van der Waals surface area contributed by atoms with Crippen LogP contribution in [0.25, 0.3) is 0 Å². The molecule has 1 saturated heterocycles. The molecule has 232 valence electrons. The Balaban J connectivity index is 0.000000374. The van der Waals surface area contributed by atoms with Crippen LogP contribution in [0.15, 0.2) is 65.6 Å². The SMILES string of the molecule is CCCCCCCCCCNCC#N.O=C(O)[C@@H]1C[C@@H](S(=O)(=O)c2ccccc2)CN1C(c1ccccc1)C(F)(F)F. The zero-order chi connectivity index (χ0) is 31.0. The highest BCUT2D eigenvalue weighted by molar-refractivity contribution is 7.92. The van der Waals surface area contributed by atoms with Crippen LogP contribution in [0.2, 0.25) is 0 Å². The molecule has 0 aromatic heterocycles. The van der Waals surface area contributed by atoms with Crippen molar-refractivity contribution in [3.63, 3.8) is 0 Å². The van der Waals surface area contributed by atoms with Gasteiger partial charge in [0.1, 0.15) is 12.1 Å². The van der Waals surface area contributed by atoms with Gasteiger partial charge in [-0.2, -0.15) is 18.4 Å². The van der Waals surface area contributed by atoms with E-state index in [4.69, 9.17) is 5.26 Å². The standard InChI is InChI=1S/C19H18F3NO4S.C12H24N2/c20-19(21,22)17(13-7-3-1-4-8-13)23-12-15(11-16(23)18(24)25)28(26,27)14-9-5-2-6-10-14;1-2-3-4-5-6-7-8-9-11-14-12-10-13/h1-10,15-17H,11-12H2,(H,24,25);14H,2-9,11-12H2,1H3/t15-,16+,17?;/m1./s1. The van der Waals surface area contributed by atoms with Crippen LogP contribution in [0.4, 0.5) is 13.2 Å². The first-order chi connectivity index (χ1) is 20.0. The van der Waals surface area contributed by atoms with Crippen molar-refractivity contribution in [2.45, 2.75) is 93.1 Å². The number of aliphatic carboxylic acids is 1. The Morgan fingerprint density at radius 2 is 1.55 bits per heavy atom. The number of hydrogen-bond acceptors (Lipinski definition) is 6. The lowest BCUT2D eigenvalue weighted by atomic mass is 10.0. The molecule has 0 saturated carbocycles. The van der Waals surface area contributed by atoms with Crippen molar-refractivity contribution >= 4 is 15.8 Å². The Labute approximate surface area is 247 Å². The predicted octanol–water partition coefficient (Wildman–Crippen LogP) is 6.53. The van der Waals surface area contributed by atoms with Crippen molar-refractivity contribution < 1.29 is 31.5 Å². The van der Waals surface area contributed by atoms with Crippen LogP contribution in [0.5, 0.6) is 0 Å². The van der Waals surface area contributed by atoms with Gasteiger partial charge in [0, 0.05) is 6.54 Å². The summed E-state index contributed by atoms with van der Waals surface area (Å²) in [5.74, 6) is -1.48. The third-order valence-corrected chi connectivity index (χ3v) is 9.41. The van der Waals surface area contributed by atoms with Gasteiger partial charge in [-0.1, -0.05) is 100 Å². The lowest BCUT2D eigenvalue weighted by Gasteiger charge is -2.32. The summed E-state index contributed by atoms with van der Waals surface area (Å²) in [4.78, 5) is 12.4. The van der Waals surface area contributed by atoms with Gasteiger partial charge in [-0.25, -0.2) is 8.42 Å². The molecule has 1 aliphatic rings. The molecule has 0 radical (unpaired) electrons. The molecule has 42 heavy (non-hydrogen) atoms. The molecule has 3 rings (SSSR count). The van der Waals surface area contributed by atoms with Crippen molar-refractivity contribution in [1.29, 1.82) is 5.26 Å². The number of carboxylic acid groups (broad SMARTS) is 1. The van der Waals surface area contributed by atoms with E-state index in [1.54, 1.807) is 12.1 Å². The molecular formula is C31H42F3N3O4S. The first-order valence-corrected chi connectivity index (χ1v) is 16.1. The second-order valence-corrected chi connectivity index (χ2v) is 12.7. The van der Waals surface area contributed by atoms with Gasteiger partial charge in [-0.15, -0.1) is 0 Å². The van der Waals surface area contributed by atoms with E-state index in [0.717, 1.165) is 11.4 Å². The van der Waals surface area contributed by atoms with Crippen LogP contribution >= 0.6 is 0 Å². The summed E-state index contributed by atoms with van der Waals surface area (Å²) in [6, 6.07) is 12.6. The van der Waals surface area contributed by atoms with Crippen LogP contribution in [0.3, 0.4) is 0 Å². The summed E-state index contributed by atoms with van der Waals surface area (Å²) in [5, 5.41) is 19.6. The average molecular weight is 610 g/mol. The Morgan fingerprint density at radius 1 is 1.00 bits per heavy atom. The molecule has 3 atom stereocenters. The van der Waals surface area contributed by atoms with E-state index in [2.05, 4.69) is 18.3 Å². The quantitative estimate of drug-likeness (QED) is 0.174. The molecule has 2 N–H and O–H groups in total. The fourth-order valence-corrected chi connectivity index (χ4v) is 6.83. The number of rotatable bonds is 15. The lowest BCUT2D eigenvalue weighted by Crippen LogP contribution is -2.45. The lowest BCUT2D eigenvalue weighted by molar-refractivity contribution is -0.191.